The zero-order valence-electron chi connectivity index (χ0n) is 13.3. The van der Waals surface area contributed by atoms with Gasteiger partial charge in [-0.2, -0.15) is 0 Å². The van der Waals surface area contributed by atoms with E-state index in [1.165, 1.54) is 13.2 Å². The van der Waals surface area contributed by atoms with E-state index in [9.17, 15) is 9.59 Å². The lowest BCUT2D eigenvalue weighted by Crippen LogP contribution is -2.34. The molecule has 3 N–H and O–H groups in total. The molecule has 0 bridgehead atoms. The molecule has 0 aromatic heterocycles. The largest absolute Gasteiger partial charge is 0.490 e. The van der Waals surface area contributed by atoms with Crippen LogP contribution in [0.4, 0.5) is 10.5 Å². The van der Waals surface area contributed by atoms with E-state index < -0.39 is 17.7 Å². The monoisotopic (exact) mass is 310 g/mol. The molecule has 0 spiro atoms. The van der Waals surface area contributed by atoms with Crippen molar-refractivity contribution in [1.82, 2.24) is 5.32 Å². The second-order valence-corrected chi connectivity index (χ2v) is 5.52. The first-order chi connectivity index (χ1) is 10.2. The van der Waals surface area contributed by atoms with Crippen LogP contribution in [0.25, 0.3) is 0 Å². The van der Waals surface area contributed by atoms with Crippen molar-refractivity contribution in [3.63, 3.8) is 0 Å². The van der Waals surface area contributed by atoms with Crippen LogP contribution in [0.3, 0.4) is 0 Å². The molecular weight excluding hydrogens is 288 g/mol. The van der Waals surface area contributed by atoms with Crippen LogP contribution in [0, 0.1) is 0 Å². The average molecular weight is 310 g/mol. The molecule has 7 heteroatoms. The van der Waals surface area contributed by atoms with Gasteiger partial charge in [-0.3, -0.25) is 0 Å². The van der Waals surface area contributed by atoms with Crippen LogP contribution in [0.2, 0.25) is 0 Å². The maximum absolute atomic E-state index is 11.4. The number of alkyl carbamates (subject to hydrolysis) is 1. The van der Waals surface area contributed by atoms with Gasteiger partial charge in [0, 0.05) is 0 Å². The number of carbonyl (C=O) groups excluding carboxylic acids is 2. The number of ether oxygens (including phenoxy) is 3. The van der Waals surface area contributed by atoms with Gasteiger partial charge in [-0.25, -0.2) is 9.59 Å². The van der Waals surface area contributed by atoms with Gasteiger partial charge in [0.2, 0.25) is 0 Å². The summed E-state index contributed by atoms with van der Waals surface area (Å²) in [4.78, 5) is 22.8. The summed E-state index contributed by atoms with van der Waals surface area (Å²) < 4.78 is 15.1. The van der Waals surface area contributed by atoms with Crippen molar-refractivity contribution in [2.75, 3.05) is 26.0 Å². The van der Waals surface area contributed by atoms with Crippen LogP contribution in [-0.2, 0) is 9.47 Å². The van der Waals surface area contributed by atoms with Crippen LogP contribution in [0.1, 0.15) is 31.1 Å². The number of nitrogens with one attached hydrogen (secondary N) is 1. The van der Waals surface area contributed by atoms with Gasteiger partial charge in [0.1, 0.15) is 18.0 Å². The molecule has 0 aliphatic heterocycles. The van der Waals surface area contributed by atoms with Crippen LogP contribution in [0.15, 0.2) is 18.2 Å². The second-order valence-electron chi connectivity index (χ2n) is 5.52. The molecule has 1 rings (SSSR count). The third-order valence-corrected chi connectivity index (χ3v) is 2.46. The van der Waals surface area contributed by atoms with E-state index in [0.29, 0.717) is 17.0 Å². The maximum Gasteiger partial charge on any atom is 0.407 e. The minimum Gasteiger partial charge on any atom is -0.490 e. The van der Waals surface area contributed by atoms with Crippen molar-refractivity contribution in [3.05, 3.63) is 23.8 Å². The molecule has 0 saturated heterocycles. The highest BCUT2D eigenvalue weighted by atomic mass is 16.6. The number of carbonyl (C=O) groups is 2. The minimum absolute atomic E-state index is 0.223. The lowest BCUT2D eigenvalue weighted by molar-refractivity contribution is 0.0519. The van der Waals surface area contributed by atoms with E-state index in [-0.39, 0.29) is 13.2 Å². The van der Waals surface area contributed by atoms with Crippen molar-refractivity contribution in [3.8, 4) is 5.75 Å². The molecule has 7 nitrogen and oxygen atoms in total. The second kappa shape index (κ2) is 7.53. The zero-order valence-corrected chi connectivity index (χ0v) is 13.3. The number of nitrogen functional groups attached to an aromatic ring is 1. The summed E-state index contributed by atoms with van der Waals surface area (Å²) in [5.41, 5.74) is 5.92. The molecular formula is C15H22N2O5. The van der Waals surface area contributed by atoms with Gasteiger partial charge in [0.25, 0.3) is 0 Å². The summed E-state index contributed by atoms with van der Waals surface area (Å²) in [5, 5.41) is 2.57. The maximum atomic E-state index is 11.4. The van der Waals surface area contributed by atoms with Crippen molar-refractivity contribution in [2.45, 2.75) is 26.4 Å². The van der Waals surface area contributed by atoms with Gasteiger partial charge < -0.3 is 25.3 Å². The average Bonchev–Trinajstić information content (AvgIpc) is 2.42. The van der Waals surface area contributed by atoms with Crippen LogP contribution >= 0.6 is 0 Å². The molecule has 0 aliphatic carbocycles. The highest BCUT2D eigenvalue weighted by Crippen LogP contribution is 2.22. The number of anilines is 1. The molecule has 0 unspecified atom stereocenters. The predicted octanol–water partition coefficient (Wildman–Crippen LogP) is 1.96. The van der Waals surface area contributed by atoms with Crippen molar-refractivity contribution in [1.29, 1.82) is 0 Å². The first-order valence-electron chi connectivity index (χ1n) is 6.80. The molecule has 0 saturated carbocycles. The molecule has 0 heterocycles. The number of benzene rings is 1. The molecule has 1 amide bonds. The Morgan fingerprint density at radius 1 is 1.27 bits per heavy atom. The number of nitrogens with two attached hydrogens (primary N) is 1. The van der Waals surface area contributed by atoms with Gasteiger partial charge in [-0.1, -0.05) is 0 Å². The van der Waals surface area contributed by atoms with E-state index in [2.05, 4.69) is 10.1 Å². The van der Waals surface area contributed by atoms with Crippen molar-refractivity contribution < 1.29 is 23.8 Å². The molecule has 22 heavy (non-hydrogen) atoms. The number of esters is 1. The van der Waals surface area contributed by atoms with E-state index in [0.717, 1.165) is 0 Å². The number of methoxy groups -OCH3 is 1. The van der Waals surface area contributed by atoms with Crippen LogP contribution in [-0.4, -0.2) is 37.9 Å². The molecule has 1 aromatic carbocycles. The first-order valence-corrected chi connectivity index (χ1v) is 6.80. The summed E-state index contributed by atoms with van der Waals surface area (Å²) in [6.45, 7) is 5.85. The SMILES string of the molecule is COC(=O)c1ccc(OCCNC(=O)OC(C)(C)C)c(N)c1. The fraction of sp³-hybridized carbons (Fsp3) is 0.467. The topological polar surface area (TPSA) is 99.9 Å². The van der Waals surface area contributed by atoms with E-state index in [1.807, 2.05) is 0 Å². The standard InChI is InChI=1S/C15H22N2O5/c1-15(2,3)22-14(19)17-7-8-21-12-6-5-10(9-11(12)16)13(18)20-4/h5-6,9H,7-8,16H2,1-4H3,(H,17,19). The summed E-state index contributed by atoms with van der Waals surface area (Å²) >= 11 is 0. The molecule has 1 aromatic rings. The summed E-state index contributed by atoms with van der Waals surface area (Å²) in [7, 11) is 1.30. The Labute approximate surface area is 129 Å². The van der Waals surface area contributed by atoms with Gasteiger partial charge in [0.15, 0.2) is 0 Å². The molecule has 0 aliphatic rings. The normalized spacial score (nSPS) is 10.7. The van der Waals surface area contributed by atoms with Crippen molar-refractivity contribution in [2.24, 2.45) is 0 Å². The molecule has 0 fully saturated rings. The Kier molecular flexibility index (Phi) is 6.03. The van der Waals surface area contributed by atoms with Crippen molar-refractivity contribution >= 4 is 17.7 Å². The van der Waals surface area contributed by atoms with Crippen LogP contribution < -0.4 is 15.8 Å². The number of hydrogen-bond acceptors (Lipinski definition) is 6. The Morgan fingerprint density at radius 2 is 1.95 bits per heavy atom. The number of amides is 1. The highest BCUT2D eigenvalue weighted by molar-refractivity contribution is 5.90. The molecule has 0 atom stereocenters. The summed E-state index contributed by atoms with van der Waals surface area (Å²) in [6, 6.07) is 4.61. The number of hydrogen-bond donors (Lipinski definition) is 2. The summed E-state index contributed by atoms with van der Waals surface area (Å²) in [6.07, 6.45) is -0.509. The number of rotatable bonds is 5. The smallest absolute Gasteiger partial charge is 0.407 e. The fourth-order valence-electron chi connectivity index (χ4n) is 1.55. The Hall–Kier alpha value is -2.44. The summed E-state index contributed by atoms with van der Waals surface area (Å²) in [5.74, 6) is -0.0384. The highest BCUT2D eigenvalue weighted by Gasteiger charge is 2.15. The van der Waals surface area contributed by atoms with E-state index >= 15 is 0 Å². The Morgan fingerprint density at radius 3 is 2.50 bits per heavy atom. The van der Waals surface area contributed by atoms with Gasteiger partial charge in [-0.05, 0) is 39.0 Å². The Balaban J connectivity index is 2.43. The third-order valence-electron chi connectivity index (χ3n) is 2.46. The molecule has 122 valence electrons. The quantitative estimate of drug-likeness (QED) is 0.490. The van der Waals surface area contributed by atoms with E-state index in [4.69, 9.17) is 15.2 Å². The third kappa shape index (κ3) is 5.90. The fourth-order valence-corrected chi connectivity index (χ4v) is 1.55. The molecule has 0 radical (unpaired) electrons. The predicted molar refractivity (Wildman–Crippen MR) is 81.9 cm³/mol. The Bertz CT molecular complexity index is 537. The van der Waals surface area contributed by atoms with Crippen LogP contribution in [0.5, 0.6) is 5.75 Å². The first kappa shape index (κ1) is 17.6. The van der Waals surface area contributed by atoms with Gasteiger partial charge >= 0.3 is 12.1 Å². The minimum atomic E-state index is -0.543. The zero-order chi connectivity index (χ0) is 16.8. The van der Waals surface area contributed by atoms with Gasteiger partial charge in [-0.15, -0.1) is 0 Å². The van der Waals surface area contributed by atoms with E-state index in [1.54, 1.807) is 32.9 Å². The lowest BCUT2D eigenvalue weighted by Gasteiger charge is -2.19. The lowest BCUT2D eigenvalue weighted by atomic mass is 10.2. The van der Waals surface area contributed by atoms with Gasteiger partial charge in [0.05, 0.1) is 24.9 Å².